The number of Topliss-reactive ketones (excluding diaryl/α,β-unsaturated/α-hetero) is 1. The van der Waals surface area contributed by atoms with E-state index in [4.69, 9.17) is 0 Å². The Hall–Kier alpha value is -4.09. The molecule has 2 fully saturated rings. The van der Waals surface area contributed by atoms with Crippen molar-refractivity contribution in [3.8, 4) is 5.69 Å². The molecule has 0 N–H and O–H groups in total. The molecular formula is C32H29F2N5O3S. The van der Waals surface area contributed by atoms with Crippen LogP contribution >= 0.6 is 0 Å². The number of rotatable bonds is 7. The molecule has 0 amide bonds. The summed E-state index contributed by atoms with van der Waals surface area (Å²) in [4.78, 5) is 22.8. The quantitative estimate of drug-likeness (QED) is 0.206. The van der Waals surface area contributed by atoms with E-state index in [2.05, 4.69) is 15.1 Å². The van der Waals surface area contributed by atoms with Crippen LogP contribution in [-0.2, 0) is 16.4 Å². The summed E-state index contributed by atoms with van der Waals surface area (Å²) in [5.41, 5.74) is 3.32. The second-order valence-corrected chi connectivity index (χ2v) is 13.5. The van der Waals surface area contributed by atoms with Crippen LogP contribution in [0.4, 0.5) is 8.78 Å². The van der Waals surface area contributed by atoms with Gasteiger partial charge in [0.25, 0.3) is 0 Å². The van der Waals surface area contributed by atoms with Crippen molar-refractivity contribution in [1.82, 2.24) is 24.1 Å². The minimum Gasteiger partial charge on any atom is -0.291 e. The van der Waals surface area contributed by atoms with Crippen molar-refractivity contribution in [1.29, 1.82) is 0 Å². The van der Waals surface area contributed by atoms with Crippen molar-refractivity contribution in [3.05, 3.63) is 107 Å². The molecular weight excluding hydrogens is 572 g/mol. The highest BCUT2D eigenvalue weighted by Crippen LogP contribution is 2.52. The second-order valence-electron chi connectivity index (χ2n) is 11.7. The zero-order valence-electron chi connectivity index (χ0n) is 23.5. The predicted octanol–water partition coefficient (Wildman–Crippen LogP) is 5.46. The largest absolute Gasteiger partial charge is 0.291 e. The van der Waals surface area contributed by atoms with Gasteiger partial charge in [0, 0.05) is 18.3 Å². The van der Waals surface area contributed by atoms with Crippen LogP contribution < -0.4 is 0 Å². The summed E-state index contributed by atoms with van der Waals surface area (Å²) in [7, 11) is -3.95. The number of nitrogens with zero attached hydrogens (tertiary/aromatic N) is 5. The van der Waals surface area contributed by atoms with E-state index in [-0.39, 0.29) is 23.1 Å². The Morgan fingerprint density at radius 1 is 1.00 bits per heavy atom. The summed E-state index contributed by atoms with van der Waals surface area (Å²) in [6, 6.07) is 10.8. The number of aryl methyl sites for hydroxylation is 1. The van der Waals surface area contributed by atoms with Crippen LogP contribution in [0.5, 0.6) is 0 Å². The van der Waals surface area contributed by atoms with Gasteiger partial charge in [-0.25, -0.2) is 22.5 Å². The molecule has 8 nitrogen and oxygen atoms in total. The fourth-order valence-corrected chi connectivity index (χ4v) is 8.55. The lowest BCUT2D eigenvalue weighted by Crippen LogP contribution is -2.51. The normalized spacial score (nSPS) is 21.7. The number of halogens is 2. The SMILES string of the molecule is Cc1ccnc(C(=O)[C@]23Cc4cnn(-c5ccc(F)nc5)c4C=C2CC[C@H](N(C2CC2)S(=O)(=O)c2ccc(F)cc2)C3)c1. The van der Waals surface area contributed by atoms with Gasteiger partial charge in [0.15, 0.2) is 5.78 Å². The molecule has 3 aliphatic carbocycles. The third-order valence-electron chi connectivity index (χ3n) is 8.83. The zero-order chi connectivity index (χ0) is 29.9. The van der Waals surface area contributed by atoms with E-state index >= 15 is 0 Å². The first-order valence-electron chi connectivity index (χ1n) is 14.3. The average Bonchev–Trinajstić information content (AvgIpc) is 3.74. The van der Waals surface area contributed by atoms with Gasteiger partial charge in [0.1, 0.15) is 11.5 Å². The number of benzene rings is 1. The number of ketones is 1. The minimum atomic E-state index is -3.95. The van der Waals surface area contributed by atoms with E-state index in [9.17, 15) is 22.0 Å². The van der Waals surface area contributed by atoms with Crippen LogP contribution in [0.25, 0.3) is 11.8 Å². The van der Waals surface area contributed by atoms with Gasteiger partial charge >= 0.3 is 0 Å². The van der Waals surface area contributed by atoms with Crippen LogP contribution in [0.1, 0.15) is 59.4 Å². The minimum absolute atomic E-state index is 0.0444. The Kier molecular flexibility index (Phi) is 6.62. The van der Waals surface area contributed by atoms with E-state index in [1.165, 1.54) is 24.4 Å². The fourth-order valence-electron chi connectivity index (χ4n) is 6.65. The van der Waals surface area contributed by atoms with Gasteiger partial charge in [0.05, 0.1) is 34.1 Å². The van der Waals surface area contributed by atoms with E-state index in [0.29, 0.717) is 30.6 Å². The Bertz CT molecular complexity index is 1870. The Labute approximate surface area is 248 Å². The van der Waals surface area contributed by atoms with Crippen LogP contribution in [-0.4, -0.2) is 50.3 Å². The third kappa shape index (κ3) is 4.80. The highest BCUT2D eigenvalue weighted by Gasteiger charge is 2.53. The molecule has 0 bridgehead atoms. The maximum absolute atomic E-state index is 14.6. The van der Waals surface area contributed by atoms with E-state index < -0.39 is 33.2 Å². The fraction of sp³-hybridized carbons (Fsp3) is 0.312. The first kappa shape index (κ1) is 27.7. The predicted molar refractivity (Wildman–Crippen MR) is 155 cm³/mol. The lowest BCUT2D eigenvalue weighted by atomic mass is 9.60. The summed E-state index contributed by atoms with van der Waals surface area (Å²) < 4.78 is 58.5. The maximum Gasteiger partial charge on any atom is 0.243 e. The Balaban J connectivity index is 1.32. The lowest BCUT2D eigenvalue weighted by Gasteiger charge is -2.46. The lowest BCUT2D eigenvalue weighted by molar-refractivity contribution is 0.0733. The number of carbonyl (C=O) groups is 1. The van der Waals surface area contributed by atoms with Crippen molar-refractivity contribution in [2.45, 2.75) is 62.4 Å². The molecule has 0 saturated heterocycles. The Morgan fingerprint density at radius 2 is 1.79 bits per heavy atom. The van der Waals surface area contributed by atoms with Crippen molar-refractivity contribution in [2.24, 2.45) is 5.41 Å². The molecule has 0 radical (unpaired) electrons. The average molecular weight is 602 g/mol. The first-order valence-corrected chi connectivity index (χ1v) is 15.8. The summed E-state index contributed by atoms with van der Waals surface area (Å²) >= 11 is 0. The van der Waals surface area contributed by atoms with Crippen LogP contribution in [0, 0.1) is 24.1 Å². The van der Waals surface area contributed by atoms with Crippen molar-refractivity contribution >= 4 is 21.9 Å². The number of hydrogen-bond acceptors (Lipinski definition) is 6. The molecule has 4 aromatic rings. The number of allylic oxidation sites excluding steroid dienone is 1. The second kappa shape index (κ2) is 10.3. The standard InChI is InChI=1S/C32H29F2N5O3S/c1-20-12-13-35-28(14-20)31(40)32-16-21-18-37-38(26-8-11-30(34)36-19-26)29(21)15-22(32)2-5-25(17-32)39(24-6-7-24)43(41,42)27-9-3-23(33)4-10-27/h3-4,8-15,18-19,24-25H,2,5-7,16-17H2,1H3/t25-,32-/m0/s1. The van der Waals surface area contributed by atoms with Gasteiger partial charge in [0.2, 0.25) is 16.0 Å². The summed E-state index contributed by atoms with van der Waals surface area (Å²) in [6.45, 7) is 1.90. The van der Waals surface area contributed by atoms with Crippen LogP contribution in [0.15, 0.2) is 77.6 Å². The number of hydrogen-bond donors (Lipinski definition) is 0. The van der Waals surface area contributed by atoms with Crippen molar-refractivity contribution in [3.63, 3.8) is 0 Å². The maximum atomic E-state index is 14.6. The molecule has 3 heterocycles. The van der Waals surface area contributed by atoms with Crippen LogP contribution in [0.3, 0.4) is 0 Å². The van der Waals surface area contributed by atoms with Gasteiger partial charge in [-0.2, -0.15) is 13.8 Å². The molecule has 2 atom stereocenters. The highest BCUT2D eigenvalue weighted by molar-refractivity contribution is 7.89. The highest BCUT2D eigenvalue weighted by atomic mass is 32.2. The molecule has 43 heavy (non-hydrogen) atoms. The van der Waals surface area contributed by atoms with Gasteiger partial charge in [-0.05, 0) is 111 Å². The smallest absolute Gasteiger partial charge is 0.243 e. The molecule has 3 aliphatic rings. The number of carbonyl (C=O) groups excluding carboxylic acids is 1. The van der Waals surface area contributed by atoms with Crippen molar-refractivity contribution < 1.29 is 22.0 Å². The van der Waals surface area contributed by atoms with Gasteiger partial charge in [-0.1, -0.05) is 5.57 Å². The number of sulfonamides is 1. The molecule has 3 aromatic heterocycles. The summed E-state index contributed by atoms with van der Waals surface area (Å²) in [5.74, 6) is -1.24. The van der Waals surface area contributed by atoms with E-state index in [0.717, 1.165) is 47.4 Å². The van der Waals surface area contributed by atoms with Crippen LogP contribution in [0.2, 0.25) is 0 Å². The van der Waals surface area contributed by atoms with Crippen molar-refractivity contribution in [2.75, 3.05) is 0 Å². The van der Waals surface area contributed by atoms with Gasteiger partial charge in [-0.3, -0.25) is 9.78 Å². The number of aromatic nitrogens is 4. The molecule has 0 aliphatic heterocycles. The number of fused-ring (bicyclic) bond motifs is 2. The van der Waals surface area contributed by atoms with E-state index in [1.807, 2.05) is 19.1 Å². The topological polar surface area (TPSA) is 98.1 Å². The molecule has 2 saturated carbocycles. The van der Waals surface area contributed by atoms with E-state index in [1.54, 1.807) is 33.5 Å². The Morgan fingerprint density at radius 3 is 2.49 bits per heavy atom. The summed E-state index contributed by atoms with van der Waals surface area (Å²) in [6.07, 6.45) is 9.83. The molecule has 11 heteroatoms. The third-order valence-corrected chi connectivity index (χ3v) is 10.8. The monoisotopic (exact) mass is 601 g/mol. The zero-order valence-corrected chi connectivity index (χ0v) is 24.3. The van der Waals surface area contributed by atoms with Gasteiger partial charge < -0.3 is 0 Å². The molecule has 7 rings (SSSR count). The summed E-state index contributed by atoms with van der Waals surface area (Å²) in [5, 5.41) is 4.56. The number of pyridine rings is 2. The van der Waals surface area contributed by atoms with Gasteiger partial charge in [-0.15, -0.1) is 0 Å². The molecule has 1 aromatic carbocycles. The molecule has 0 unspecified atom stereocenters. The molecule has 0 spiro atoms. The molecule has 220 valence electrons. The first-order chi connectivity index (χ1) is 20.7.